The van der Waals surface area contributed by atoms with Crippen molar-refractivity contribution in [2.45, 2.75) is 32.2 Å². The molecule has 2 aromatic heterocycles. The molecule has 0 spiro atoms. The molecular formula is C14H19N3S. The zero-order valence-electron chi connectivity index (χ0n) is 10.7. The van der Waals surface area contributed by atoms with Crippen molar-refractivity contribution in [3.63, 3.8) is 0 Å². The number of nitrogens with one attached hydrogen (secondary N) is 1. The van der Waals surface area contributed by atoms with E-state index >= 15 is 0 Å². The second-order valence-corrected chi connectivity index (χ2v) is 6.37. The van der Waals surface area contributed by atoms with Gasteiger partial charge in [-0.05, 0) is 38.4 Å². The maximum absolute atomic E-state index is 4.34. The summed E-state index contributed by atoms with van der Waals surface area (Å²) in [6, 6.07) is 4.42. The second-order valence-electron chi connectivity index (χ2n) is 5.00. The van der Waals surface area contributed by atoms with Gasteiger partial charge in [-0.25, -0.2) is 4.98 Å². The summed E-state index contributed by atoms with van der Waals surface area (Å²) in [6.45, 7) is 5.38. The molecule has 1 saturated heterocycles. The Morgan fingerprint density at radius 1 is 1.50 bits per heavy atom. The van der Waals surface area contributed by atoms with E-state index in [0.717, 1.165) is 19.6 Å². The first-order valence-electron chi connectivity index (χ1n) is 6.59. The minimum Gasteiger partial charge on any atom is -0.329 e. The van der Waals surface area contributed by atoms with E-state index in [0.29, 0.717) is 5.92 Å². The Morgan fingerprint density at radius 2 is 2.44 bits per heavy atom. The monoisotopic (exact) mass is 261 g/mol. The van der Waals surface area contributed by atoms with Crippen molar-refractivity contribution in [1.82, 2.24) is 14.9 Å². The van der Waals surface area contributed by atoms with Crippen molar-refractivity contribution in [1.29, 1.82) is 0 Å². The summed E-state index contributed by atoms with van der Waals surface area (Å²) in [5.41, 5.74) is 1.38. The highest BCUT2D eigenvalue weighted by molar-refractivity contribution is 7.11. The van der Waals surface area contributed by atoms with E-state index in [1.54, 1.807) is 0 Å². The lowest BCUT2D eigenvalue weighted by Gasteiger charge is -2.23. The Labute approximate surface area is 112 Å². The molecule has 3 nitrogen and oxygen atoms in total. The molecule has 1 fully saturated rings. The van der Waals surface area contributed by atoms with E-state index in [1.165, 1.54) is 28.3 Å². The number of hydrogen-bond donors (Lipinski definition) is 1. The van der Waals surface area contributed by atoms with Crippen LogP contribution >= 0.6 is 11.3 Å². The van der Waals surface area contributed by atoms with E-state index in [2.05, 4.69) is 33.9 Å². The van der Waals surface area contributed by atoms with Crippen LogP contribution in [0.4, 0.5) is 0 Å². The lowest BCUT2D eigenvalue weighted by atomic mass is 9.96. The van der Waals surface area contributed by atoms with Crippen molar-refractivity contribution < 1.29 is 0 Å². The van der Waals surface area contributed by atoms with Crippen LogP contribution in [0.3, 0.4) is 0 Å². The van der Waals surface area contributed by atoms with Crippen LogP contribution in [0.5, 0.6) is 0 Å². The van der Waals surface area contributed by atoms with Crippen molar-refractivity contribution >= 4 is 11.3 Å². The highest BCUT2D eigenvalue weighted by Crippen LogP contribution is 2.24. The van der Waals surface area contributed by atoms with Crippen LogP contribution in [0, 0.1) is 6.92 Å². The van der Waals surface area contributed by atoms with Gasteiger partial charge in [-0.3, -0.25) is 0 Å². The molecule has 0 bridgehead atoms. The first kappa shape index (κ1) is 11.9. The number of rotatable bonds is 3. The number of imidazole rings is 1. The summed E-state index contributed by atoms with van der Waals surface area (Å²) < 4.78 is 2.31. The Bertz CT molecular complexity index is 509. The average molecular weight is 261 g/mol. The molecule has 0 aliphatic carbocycles. The van der Waals surface area contributed by atoms with E-state index in [9.17, 15) is 0 Å². The van der Waals surface area contributed by atoms with Gasteiger partial charge >= 0.3 is 0 Å². The summed E-state index contributed by atoms with van der Waals surface area (Å²) in [5.74, 6) is 0.627. The first-order chi connectivity index (χ1) is 8.83. The van der Waals surface area contributed by atoms with Gasteiger partial charge in [0.05, 0.1) is 12.9 Å². The molecular weight excluding hydrogens is 242 g/mol. The van der Waals surface area contributed by atoms with Crippen LogP contribution in [0.1, 0.15) is 34.2 Å². The first-order valence-corrected chi connectivity index (χ1v) is 7.40. The third-order valence-electron chi connectivity index (χ3n) is 3.58. The molecule has 1 unspecified atom stereocenters. The molecule has 2 aromatic rings. The molecule has 18 heavy (non-hydrogen) atoms. The second kappa shape index (κ2) is 5.24. The maximum Gasteiger partial charge on any atom is 0.0951 e. The molecule has 4 heteroatoms. The number of aromatic nitrogens is 2. The Hall–Kier alpha value is -1.13. The highest BCUT2D eigenvalue weighted by atomic mass is 32.1. The van der Waals surface area contributed by atoms with Crippen molar-refractivity contribution in [2.24, 2.45) is 0 Å². The fourth-order valence-electron chi connectivity index (χ4n) is 2.65. The zero-order valence-corrected chi connectivity index (χ0v) is 11.5. The van der Waals surface area contributed by atoms with Crippen LogP contribution in [0.2, 0.25) is 0 Å². The molecule has 96 valence electrons. The van der Waals surface area contributed by atoms with Crippen molar-refractivity contribution in [2.75, 3.05) is 13.1 Å². The molecule has 3 rings (SSSR count). The molecule has 1 atom stereocenters. The van der Waals surface area contributed by atoms with Gasteiger partial charge in [-0.1, -0.05) is 0 Å². The minimum absolute atomic E-state index is 0.627. The number of hydrogen-bond acceptors (Lipinski definition) is 3. The van der Waals surface area contributed by atoms with Gasteiger partial charge in [0.15, 0.2) is 0 Å². The minimum atomic E-state index is 0.627. The van der Waals surface area contributed by atoms with Gasteiger partial charge in [0.2, 0.25) is 0 Å². The van der Waals surface area contributed by atoms with Crippen LogP contribution < -0.4 is 5.32 Å². The fourth-order valence-corrected chi connectivity index (χ4v) is 3.53. The van der Waals surface area contributed by atoms with Crippen LogP contribution in [0.25, 0.3) is 0 Å². The molecule has 1 N–H and O–H groups in total. The number of thiophene rings is 1. The summed E-state index contributed by atoms with van der Waals surface area (Å²) in [7, 11) is 0. The van der Waals surface area contributed by atoms with E-state index < -0.39 is 0 Å². The van der Waals surface area contributed by atoms with E-state index in [-0.39, 0.29) is 0 Å². The lowest BCUT2D eigenvalue weighted by molar-refractivity contribution is 0.444. The quantitative estimate of drug-likeness (QED) is 0.920. The molecule has 0 saturated carbocycles. The fraction of sp³-hybridized carbons (Fsp3) is 0.500. The maximum atomic E-state index is 4.34. The van der Waals surface area contributed by atoms with E-state index in [4.69, 9.17) is 0 Å². The molecule has 3 heterocycles. The van der Waals surface area contributed by atoms with Crippen molar-refractivity contribution in [3.8, 4) is 0 Å². The van der Waals surface area contributed by atoms with Crippen molar-refractivity contribution in [3.05, 3.63) is 40.1 Å². The smallest absolute Gasteiger partial charge is 0.0951 e. The Kier molecular flexibility index (Phi) is 3.48. The van der Waals surface area contributed by atoms with Gasteiger partial charge in [-0.15, -0.1) is 11.3 Å². The molecule has 0 radical (unpaired) electrons. The number of aryl methyl sites for hydroxylation is 1. The zero-order chi connectivity index (χ0) is 12.4. The van der Waals surface area contributed by atoms with Gasteiger partial charge in [0.25, 0.3) is 0 Å². The van der Waals surface area contributed by atoms with E-state index in [1.807, 2.05) is 23.9 Å². The summed E-state index contributed by atoms with van der Waals surface area (Å²) in [4.78, 5) is 7.13. The molecule has 0 aromatic carbocycles. The number of nitrogens with zero attached hydrogens (tertiary/aromatic N) is 2. The third-order valence-corrected chi connectivity index (χ3v) is 4.57. The predicted molar refractivity (Wildman–Crippen MR) is 75.2 cm³/mol. The largest absolute Gasteiger partial charge is 0.329 e. The number of piperidine rings is 1. The molecule has 0 amide bonds. The van der Waals surface area contributed by atoms with Crippen LogP contribution in [-0.2, 0) is 6.54 Å². The van der Waals surface area contributed by atoms with Gasteiger partial charge in [0.1, 0.15) is 0 Å². The Morgan fingerprint density at radius 3 is 3.17 bits per heavy atom. The molecule has 1 aliphatic rings. The lowest BCUT2D eigenvalue weighted by Crippen LogP contribution is -2.29. The third kappa shape index (κ3) is 2.49. The SMILES string of the molecule is Cc1ccc(Cn2cncc2C2CCCNC2)s1. The summed E-state index contributed by atoms with van der Waals surface area (Å²) >= 11 is 1.88. The van der Waals surface area contributed by atoms with Gasteiger partial charge in [-0.2, -0.15) is 0 Å². The van der Waals surface area contributed by atoms with Gasteiger partial charge in [0, 0.05) is 34.1 Å². The van der Waals surface area contributed by atoms with Crippen LogP contribution in [-0.4, -0.2) is 22.6 Å². The van der Waals surface area contributed by atoms with Gasteiger partial charge < -0.3 is 9.88 Å². The average Bonchev–Trinajstić information content (AvgIpc) is 3.00. The topological polar surface area (TPSA) is 29.9 Å². The summed E-state index contributed by atoms with van der Waals surface area (Å²) in [6.07, 6.45) is 6.56. The highest BCUT2D eigenvalue weighted by Gasteiger charge is 2.18. The summed E-state index contributed by atoms with van der Waals surface area (Å²) in [5, 5.41) is 3.48. The normalized spacial score (nSPS) is 20.2. The van der Waals surface area contributed by atoms with Crippen LogP contribution in [0.15, 0.2) is 24.7 Å². The predicted octanol–water partition coefficient (Wildman–Crippen LogP) is 2.77. The standard InChI is InChI=1S/C14H19N3S/c1-11-4-5-13(18-11)9-17-10-16-8-14(17)12-3-2-6-15-7-12/h4-5,8,10,12,15H,2-3,6-7,9H2,1H3. The Balaban J connectivity index is 1.78. The molecule has 1 aliphatic heterocycles.